The molecule has 2 rings (SSSR count). The summed E-state index contributed by atoms with van der Waals surface area (Å²) in [6, 6.07) is 1.74. The zero-order valence-electron chi connectivity index (χ0n) is 12.5. The van der Waals surface area contributed by atoms with E-state index in [9.17, 15) is 9.90 Å². The molecule has 120 valence electrons. The fourth-order valence-corrected chi connectivity index (χ4v) is 2.64. The van der Waals surface area contributed by atoms with E-state index in [2.05, 4.69) is 10.5 Å². The third-order valence-corrected chi connectivity index (χ3v) is 3.82. The van der Waals surface area contributed by atoms with Gasteiger partial charge in [0, 0.05) is 30.9 Å². The first-order valence-electron chi connectivity index (χ1n) is 7.08. The summed E-state index contributed by atoms with van der Waals surface area (Å²) in [6.45, 7) is 4.01. The minimum atomic E-state index is -0.150. The molecule has 0 saturated carbocycles. The molecular formula is C15H19ClN2O4. The van der Waals surface area contributed by atoms with Crippen LogP contribution in [0.25, 0.3) is 0 Å². The van der Waals surface area contributed by atoms with Crippen LogP contribution in [0.15, 0.2) is 11.2 Å². The van der Waals surface area contributed by atoms with Gasteiger partial charge in [0.2, 0.25) is 5.91 Å². The van der Waals surface area contributed by atoms with E-state index in [4.69, 9.17) is 21.4 Å². The van der Waals surface area contributed by atoms with Gasteiger partial charge in [0.25, 0.3) is 0 Å². The minimum absolute atomic E-state index is 0.0226. The standard InChI is InChI=1S/C15H19ClN2O4/c1-8-7-11(20)17-18-13(8)10-6-9(2)15(12(16)14(10)21)22-5-3-4-19/h6,8,19,21H,3-5,7H2,1-2H3,(H,17,20)/t8-/m1/s1. The first-order valence-corrected chi connectivity index (χ1v) is 7.46. The predicted molar refractivity (Wildman–Crippen MR) is 83.5 cm³/mol. The van der Waals surface area contributed by atoms with Crippen LogP contribution in [0.4, 0.5) is 0 Å². The summed E-state index contributed by atoms with van der Waals surface area (Å²) in [5, 5.41) is 23.3. The van der Waals surface area contributed by atoms with Crippen LogP contribution in [-0.4, -0.2) is 35.0 Å². The Hall–Kier alpha value is -1.79. The SMILES string of the molecule is Cc1cc(C2=NNC(=O)C[C@H]2C)c(O)c(Cl)c1OCCCO. The Morgan fingerprint density at radius 2 is 2.27 bits per heavy atom. The van der Waals surface area contributed by atoms with E-state index in [0.29, 0.717) is 36.5 Å². The second kappa shape index (κ2) is 6.98. The highest BCUT2D eigenvalue weighted by Gasteiger charge is 2.26. The normalized spacial score (nSPS) is 17.9. The monoisotopic (exact) mass is 326 g/mol. The molecular weight excluding hydrogens is 308 g/mol. The molecule has 1 heterocycles. The van der Waals surface area contributed by atoms with Crippen molar-refractivity contribution in [1.29, 1.82) is 0 Å². The summed E-state index contributed by atoms with van der Waals surface area (Å²) in [7, 11) is 0. The van der Waals surface area contributed by atoms with Gasteiger partial charge in [-0.25, -0.2) is 5.43 Å². The number of hydrogen-bond acceptors (Lipinski definition) is 5. The lowest BCUT2D eigenvalue weighted by Crippen LogP contribution is -2.32. The maximum absolute atomic E-state index is 11.3. The number of hydrogen-bond donors (Lipinski definition) is 3. The molecule has 0 saturated heterocycles. The zero-order chi connectivity index (χ0) is 16.3. The molecule has 0 aromatic heterocycles. The van der Waals surface area contributed by atoms with E-state index in [1.807, 2.05) is 13.8 Å². The number of aryl methyl sites for hydroxylation is 1. The van der Waals surface area contributed by atoms with Crippen molar-refractivity contribution in [2.45, 2.75) is 26.7 Å². The maximum atomic E-state index is 11.3. The number of rotatable bonds is 5. The molecule has 0 fully saturated rings. The van der Waals surface area contributed by atoms with Crippen LogP contribution in [0.3, 0.4) is 0 Å². The fourth-order valence-electron chi connectivity index (χ4n) is 2.34. The highest BCUT2D eigenvalue weighted by molar-refractivity contribution is 6.34. The van der Waals surface area contributed by atoms with Gasteiger partial charge >= 0.3 is 0 Å². The molecule has 7 heteroatoms. The number of halogens is 1. The minimum Gasteiger partial charge on any atom is -0.506 e. The number of aromatic hydroxyl groups is 1. The topological polar surface area (TPSA) is 91.2 Å². The average molecular weight is 327 g/mol. The molecule has 0 unspecified atom stereocenters. The number of hydrazone groups is 1. The predicted octanol–water partition coefficient (Wildman–Crippen LogP) is 1.98. The molecule has 3 N–H and O–H groups in total. The Balaban J connectivity index is 2.37. The number of amides is 1. The Bertz CT molecular complexity index is 616. The van der Waals surface area contributed by atoms with Gasteiger partial charge in [-0.15, -0.1) is 0 Å². The van der Waals surface area contributed by atoms with Gasteiger partial charge in [-0.3, -0.25) is 4.79 Å². The van der Waals surface area contributed by atoms with E-state index in [1.54, 1.807) is 6.07 Å². The second-order valence-electron chi connectivity index (χ2n) is 5.30. The van der Waals surface area contributed by atoms with Gasteiger partial charge in [-0.2, -0.15) is 5.10 Å². The first kappa shape index (κ1) is 16.6. The van der Waals surface area contributed by atoms with Crippen LogP contribution in [0.5, 0.6) is 11.5 Å². The number of nitrogens with one attached hydrogen (secondary N) is 1. The molecule has 22 heavy (non-hydrogen) atoms. The number of phenols is 1. The van der Waals surface area contributed by atoms with E-state index in [-0.39, 0.29) is 29.2 Å². The molecule has 0 spiro atoms. The van der Waals surface area contributed by atoms with Crippen LogP contribution < -0.4 is 10.2 Å². The summed E-state index contributed by atoms with van der Waals surface area (Å²) in [5.74, 6) is 0.0104. The first-order chi connectivity index (χ1) is 10.5. The number of aliphatic hydroxyl groups is 1. The van der Waals surface area contributed by atoms with Crippen molar-refractivity contribution >= 4 is 23.2 Å². The quantitative estimate of drug-likeness (QED) is 0.721. The van der Waals surface area contributed by atoms with Crippen molar-refractivity contribution in [2.75, 3.05) is 13.2 Å². The van der Waals surface area contributed by atoms with E-state index in [1.165, 1.54) is 0 Å². The number of carbonyl (C=O) groups excluding carboxylic acids is 1. The van der Waals surface area contributed by atoms with Crippen molar-refractivity contribution in [3.63, 3.8) is 0 Å². The number of ether oxygens (including phenoxy) is 1. The Morgan fingerprint density at radius 3 is 2.91 bits per heavy atom. The van der Waals surface area contributed by atoms with Crippen LogP contribution in [0, 0.1) is 12.8 Å². The lowest BCUT2D eigenvalue weighted by Gasteiger charge is -2.21. The van der Waals surface area contributed by atoms with Gasteiger partial charge in [0.1, 0.15) is 16.5 Å². The molecule has 1 aromatic carbocycles. The zero-order valence-corrected chi connectivity index (χ0v) is 13.3. The summed E-state index contributed by atoms with van der Waals surface area (Å²) >= 11 is 6.20. The number of aliphatic hydroxyl groups excluding tert-OH is 1. The highest BCUT2D eigenvalue weighted by atomic mass is 35.5. The molecule has 1 aliphatic rings. The van der Waals surface area contributed by atoms with Crippen molar-refractivity contribution in [3.05, 3.63) is 22.2 Å². The third-order valence-electron chi connectivity index (χ3n) is 3.47. The van der Waals surface area contributed by atoms with Crippen LogP contribution >= 0.6 is 11.6 Å². The van der Waals surface area contributed by atoms with Crippen LogP contribution in [0.1, 0.15) is 30.9 Å². The Morgan fingerprint density at radius 1 is 1.55 bits per heavy atom. The molecule has 0 aliphatic carbocycles. The highest BCUT2D eigenvalue weighted by Crippen LogP contribution is 2.40. The fraction of sp³-hybridized carbons (Fsp3) is 0.467. The lowest BCUT2D eigenvalue weighted by atomic mass is 9.92. The third kappa shape index (κ3) is 3.34. The summed E-state index contributed by atoms with van der Waals surface area (Å²) in [4.78, 5) is 11.3. The van der Waals surface area contributed by atoms with Crippen molar-refractivity contribution < 1.29 is 19.7 Å². The lowest BCUT2D eigenvalue weighted by molar-refractivity contribution is -0.121. The summed E-state index contributed by atoms with van der Waals surface area (Å²) in [6.07, 6.45) is 0.789. The molecule has 1 aromatic rings. The number of nitrogens with zero attached hydrogens (tertiary/aromatic N) is 1. The molecule has 0 bridgehead atoms. The van der Waals surface area contributed by atoms with Gasteiger partial charge in [-0.05, 0) is 18.6 Å². The summed E-state index contributed by atoms with van der Waals surface area (Å²) < 4.78 is 5.51. The molecule has 1 aliphatic heterocycles. The van der Waals surface area contributed by atoms with Crippen molar-refractivity contribution in [2.24, 2.45) is 11.0 Å². The molecule has 1 amide bonds. The van der Waals surface area contributed by atoms with E-state index in [0.717, 1.165) is 5.56 Å². The second-order valence-corrected chi connectivity index (χ2v) is 5.67. The maximum Gasteiger partial charge on any atom is 0.240 e. The van der Waals surface area contributed by atoms with E-state index >= 15 is 0 Å². The van der Waals surface area contributed by atoms with E-state index < -0.39 is 0 Å². The average Bonchev–Trinajstić information content (AvgIpc) is 2.47. The van der Waals surface area contributed by atoms with Crippen LogP contribution in [-0.2, 0) is 4.79 Å². The largest absolute Gasteiger partial charge is 0.506 e. The van der Waals surface area contributed by atoms with Crippen molar-refractivity contribution in [1.82, 2.24) is 5.43 Å². The van der Waals surface area contributed by atoms with Gasteiger partial charge in [0.05, 0.1) is 12.3 Å². The number of benzene rings is 1. The Labute approximate surface area is 133 Å². The number of phenolic OH excluding ortho intramolecular Hbond substituents is 1. The van der Waals surface area contributed by atoms with Crippen molar-refractivity contribution in [3.8, 4) is 11.5 Å². The van der Waals surface area contributed by atoms with Crippen LogP contribution in [0.2, 0.25) is 5.02 Å². The van der Waals surface area contributed by atoms with Gasteiger partial charge in [0.15, 0.2) is 0 Å². The number of carbonyl (C=O) groups is 1. The smallest absolute Gasteiger partial charge is 0.240 e. The molecule has 1 atom stereocenters. The molecule has 0 radical (unpaired) electrons. The van der Waals surface area contributed by atoms with Gasteiger partial charge < -0.3 is 14.9 Å². The molecule has 6 nitrogen and oxygen atoms in total. The summed E-state index contributed by atoms with van der Waals surface area (Å²) in [5.41, 5.74) is 4.25. The van der Waals surface area contributed by atoms with Gasteiger partial charge in [-0.1, -0.05) is 18.5 Å². The Kier molecular flexibility index (Phi) is 5.26.